The van der Waals surface area contributed by atoms with Crippen LogP contribution in [0, 0.1) is 5.92 Å². The molecule has 0 fully saturated rings. The molecule has 0 bridgehead atoms. The van der Waals surface area contributed by atoms with Crippen LogP contribution in [0.15, 0.2) is 48.2 Å². The lowest BCUT2D eigenvalue weighted by Gasteiger charge is -2.18. The molecule has 2 aromatic carbocycles. The summed E-state index contributed by atoms with van der Waals surface area (Å²) in [5.41, 5.74) is 1.70. The molecule has 31 heavy (non-hydrogen) atoms. The Morgan fingerprint density at radius 2 is 1.61 bits per heavy atom. The molecule has 1 N–H and O–H groups in total. The third-order valence-corrected chi connectivity index (χ3v) is 4.84. The number of imide groups is 1. The molecular formula is C24H28N2O5. The van der Waals surface area contributed by atoms with Crippen molar-refractivity contribution in [1.29, 1.82) is 0 Å². The van der Waals surface area contributed by atoms with E-state index in [9.17, 15) is 9.59 Å². The maximum absolute atomic E-state index is 13.3. The molecule has 0 spiro atoms. The summed E-state index contributed by atoms with van der Waals surface area (Å²) in [5.74, 6) is 1.27. The molecular weight excluding hydrogens is 396 g/mol. The number of ether oxygens (including phenoxy) is 3. The van der Waals surface area contributed by atoms with E-state index in [2.05, 4.69) is 5.32 Å². The van der Waals surface area contributed by atoms with Crippen molar-refractivity contribution < 1.29 is 23.8 Å². The highest BCUT2D eigenvalue weighted by Crippen LogP contribution is 2.35. The smallest absolute Gasteiger partial charge is 0.278 e. The fraction of sp³-hybridized carbons (Fsp3) is 0.333. The molecule has 0 atom stereocenters. The quantitative estimate of drug-likeness (QED) is 0.614. The highest BCUT2D eigenvalue weighted by molar-refractivity contribution is 6.36. The molecule has 0 saturated heterocycles. The highest BCUT2D eigenvalue weighted by atomic mass is 16.5. The van der Waals surface area contributed by atoms with Crippen LogP contribution >= 0.6 is 0 Å². The third-order valence-electron chi connectivity index (χ3n) is 4.84. The Kier molecular flexibility index (Phi) is 6.84. The lowest BCUT2D eigenvalue weighted by atomic mass is 10.0. The maximum Gasteiger partial charge on any atom is 0.278 e. The standard InChI is InChI=1S/C24H28N2O5/c1-6-31-17-9-7-16(8-10-17)21-22(24(28)26(23(21)27)14-15(2)3)25-19-13-18(29-4)11-12-20(19)30-5/h7-13,15,25H,6,14H2,1-5H3. The van der Waals surface area contributed by atoms with Crippen LogP contribution in [-0.2, 0) is 9.59 Å². The summed E-state index contributed by atoms with van der Waals surface area (Å²) in [7, 11) is 3.10. The second-order valence-corrected chi connectivity index (χ2v) is 7.51. The van der Waals surface area contributed by atoms with Gasteiger partial charge < -0.3 is 19.5 Å². The number of anilines is 1. The summed E-state index contributed by atoms with van der Waals surface area (Å²) in [6, 6.07) is 12.4. The highest BCUT2D eigenvalue weighted by Gasteiger charge is 2.39. The number of carbonyl (C=O) groups excluding carboxylic acids is 2. The van der Waals surface area contributed by atoms with E-state index in [-0.39, 0.29) is 23.4 Å². The average molecular weight is 424 g/mol. The first-order valence-electron chi connectivity index (χ1n) is 10.2. The van der Waals surface area contributed by atoms with Gasteiger partial charge in [-0.25, -0.2) is 0 Å². The van der Waals surface area contributed by atoms with Crippen LogP contribution in [0.25, 0.3) is 5.57 Å². The summed E-state index contributed by atoms with van der Waals surface area (Å²) in [5, 5.41) is 3.14. The summed E-state index contributed by atoms with van der Waals surface area (Å²) >= 11 is 0. The molecule has 3 rings (SSSR count). The van der Waals surface area contributed by atoms with Crippen LogP contribution in [0.1, 0.15) is 26.3 Å². The van der Waals surface area contributed by atoms with Crippen LogP contribution in [0.3, 0.4) is 0 Å². The van der Waals surface area contributed by atoms with Crippen molar-refractivity contribution in [2.24, 2.45) is 5.92 Å². The first-order valence-corrected chi connectivity index (χ1v) is 10.2. The van der Waals surface area contributed by atoms with E-state index >= 15 is 0 Å². The van der Waals surface area contributed by atoms with Gasteiger partial charge in [0, 0.05) is 12.6 Å². The van der Waals surface area contributed by atoms with Gasteiger partial charge in [0.2, 0.25) is 0 Å². The maximum atomic E-state index is 13.3. The number of nitrogens with zero attached hydrogens (tertiary/aromatic N) is 1. The number of hydrogen-bond acceptors (Lipinski definition) is 6. The molecule has 2 aromatic rings. The van der Waals surface area contributed by atoms with E-state index in [1.54, 1.807) is 56.7 Å². The normalized spacial score (nSPS) is 13.8. The Morgan fingerprint density at radius 3 is 2.19 bits per heavy atom. The second-order valence-electron chi connectivity index (χ2n) is 7.51. The Labute approximate surface area is 182 Å². The topological polar surface area (TPSA) is 77.1 Å². The van der Waals surface area contributed by atoms with Gasteiger partial charge in [0.1, 0.15) is 22.9 Å². The predicted molar refractivity (Wildman–Crippen MR) is 119 cm³/mol. The van der Waals surface area contributed by atoms with Crippen LogP contribution in [0.5, 0.6) is 17.2 Å². The summed E-state index contributed by atoms with van der Waals surface area (Å²) in [6.45, 7) is 6.72. The predicted octanol–water partition coefficient (Wildman–Crippen LogP) is 3.95. The van der Waals surface area contributed by atoms with Crippen LogP contribution in [0.2, 0.25) is 0 Å². The van der Waals surface area contributed by atoms with Crippen LogP contribution in [0.4, 0.5) is 5.69 Å². The van der Waals surface area contributed by atoms with Crippen LogP contribution in [-0.4, -0.2) is 44.1 Å². The van der Waals surface area contributed by atoms with Crippen molar-refractivity contribution in [1.82, 2.24) is 4.90 Å². The van der Waals surface area contributed by atoms with Crippen molar-refractivity contribution in [2.45, 2.75) is 20.8 Å². The van der Waals surface area contributed by atoms with Gasteiger partial charge in [-0.2, -0.15) is 0 Å². The van der Waals surface area contributed by atoms with E-state index in [0.717, 1.165) is 0 Å². The summed E-state index contributed by atoms with van der Waals surface area (Å²) < 4.78 is 16.2. The minimum Gasteiger partial charge on any atom is -0.497 e. The fourth-order valence-corrected chi connectivity index (χ4v) is 3.42. The minimum atomic E-state index is -0.368. The van der Waals surface area contributed by atoms with E-state index in [1.165, 1.54) is 4.90 Å². The molecule has 7 nitrogen and oxygen atoms in total. The van der Waals surface area contributed by atoms with Gasteiger partial charge >= 0.3 is 0 Å². The van der Waals surface area contributed by atoms with E-state index in [4.69, 9.17) is 14.2 Å². The molecule has 0 unspecified atom stereocenters. The third kappa shape index (κ3) is 4.66. The first-order chi connectivity index (χ1) is 14.9. The molecule has 0 radical (unpaired) electrons. The number of benzene rings is 2. The number of amides is 2. The van der Waals surface area contributed by atoms with Crippen molar-refractivity contribution in [2.75, 3.05) is 32.7 Å². The zero-order valence-electron chi connectivity index (χ0n) is 18.5. The molecule has 0 aliphatic carbocycles. The van der Waals surface area contributed by atoms with E-state index in [1.807, 2.05) is 20.8 Å². The minimum absolute atomic E-state index is 0.139. The number of methoxy groups -OCH3 is 2. The largest absolute Gasteiger partial charge is 0.497 e. The van der Waals surface area contributed by atoms with Gasteiger partial charge in [0.15, 0.2) is 0 Å². The van der Waals surface area contributed by atoms with Gasteiger partial charge in [0.05, 0.1) is 32.1 Å². The number of carbonyl (C=O) groups is 2. The lowest BCUT2D eigenvalue weighted by molar-refractivity contribution is -0.137. The van der Waals surface area contributed by atoms with Gasteiger partial charge in [-0.1, -0.05) is 26.0 Å². The average Bonchev–Trinajstić information content (AvgIpc) is 2.98. The Morgan fingerprint density at radius 1 is 0.935 bits per heavy atom. The molecule has 2 amide bonds. The SMILES string of the molecule is CCOc1ccc(C2=C(Nc3cc(OC)ccc3OC)C(=O)N(CC(C)C)C2=O)cc1. The summed E-state index contributed by atoms with van der Waals surface area (Å²) in [4.78, 5) is 27.8. The zero-order valence-corrected chi connectivity index (χ0v) is 18.5. The Hall–Kier alpha value is -3.48. The number of nitrogens with one attached hydrogen (secondary N) is 1. The van der Waals surface area contributed by atoms with E-state index < -0.39 is 0 Å². The Bertz CT molecular complexity index is 996. The molecule has 1 aliphatic heterocycles. The number of rotatable bonds is 9. The van der Waals surface area contributed by atoms with Gasteiger partial charge in [0.25, 0.3) is 11.8 Å². The molecule has 1 heterocycles. The molecule has 1 aliphatic rings. The zero-order chi connectivity index (χ0) is 22.5. The van der Waals surface area contributed by atoms with Crippen LogP contribution < -0.4 is 19.5 Å². The van der Waals surface area contributed by atoms with Crippen molar-refractivity contribution in [3.63, 3.8) is 0 Å². The van der Waals surface area contributed by atoms with Gasteiger partial charge in [-0.15, -0.1) is 0 Å². The van der Waals surface area contributed by atoms with Crippen molar-refractivity contribution in [3.05, 3.63) is 53.7 Å². The fourth-order valence-electron chi connectivity index (χ4n) is 3.42. The van der Waals surface area contributed by atoms with Crippen molar-refractivity contribution in [3.8, 4) is 17.2 Å². The molecule has 7 heteroatoms. The number of hydrogen-bond donors (Lipinski definition) is 1. The molecule has 164 valence electrons. The molecule has 0 aromatic heterocycles. The van der Waals surface area contributed by atoms with Gasteiger partial charge in [-0.3, -0.25) is 14.5 Å². The Balaban J connectivity index is 2.08. The van der Waals surface area contributed by atoms with Gasteiger partial charge in [-0.05, 0) is 42.7 Å². The summed E-state index contributed by atoms with van der Waals surface area (Å²) in [6.07, 6.45) is 0. The van der Waals surface area contributed by atoms with E-state index in [0.29, 0.717) is 47.2 Å². The monoisotopic (exact) mass is 424 g/mol. The second kappa shape index (κ2) is 9.55. The lowest BCUT2D eigenvalue weighted by Crippen LogP contribution is -2.35. The van der Waals surface area contributed by atoms with Crippen molar-refractivity contribution >= 4 is 23.1 Å². The first kappa shape index (κ1) is 22.2. The molecule has 0 saturated carbocycles.